The number of nitrogens with zero attached hydrogens (tertiary/aromatic N) is 5. The van der Waals surface area contributed by atoms with Gasteiger partial charge >= 0.3 is 0 Å². The van der Waals surface area contributed by atoms with Crippen LogP contribution >= 0.6 is 0 Å². The summed E-state index contributed by atoms with van der Waals surface area (Å²) in [5.41, 5.74) is 5.08. The molecule has 0 radical (unpaired) electrons. The molecule has 0 atom stereocenters. The Bertz CT molecular complexity index is 1380. The van der Waals surface area contributed by atoms with E-state index in [-0.39, 0.29) is 0 Å². The molecule has 8 heteroatoms. The zero-order valence-electron chi connectivity index (χ0n) is 18.4. The number of aromatic nitrogens is 6. The minimum absolute atomic E-state index is 0.577. The second-order valence-electron chi connectivity index (χ2n) is 7.53. The Hall–Kier alpha value is -4.33. The highest BCUT2D eigenvalue weighted by molar-refractivity contribution is 5.94. The smallest absolute Gasteiger partial charge is 0.205 e. The number of rotatable bonds is 7. The molecule has 2 heterocycles. The fraction of sp³-hybridized carbons (Fsp3) is 0.160. The van der Waals surface area contributed by atoms with Crippen LogP contribution in [0.3, 0.4) is 0 Å². The normalized spacial score (nSPS) is 11.0. The molecule has 33 heavy (non-hydrogen) atoms. The molecular formula is C25H23N7O. The molecule has 3 aromatic carbocycles. The number of hydrogen-bond acceptors (Lipinski definition) is 7. The molecule has 0 saturated carbocycles. The number of tetrazole rings is 1. The van der Waals surface area contributed by atoms with E-state index < -0.39 is 0 Å². The third-order valence-corrected chi connectivity index (χ3v) is 5.51. The number of benzene rings is 3. The molecule has 8 nitrogen and oxygen atoms in total. The van der Waals surface area contributed by atoms with Crippen LogP contribution in [0.1, 0.15) is 18.3 Å². The molecule has 0 aliphatic heterocycles. The maximum atomic E-state index is 5.56. The molecule has 0 spiro atoms. The highest BCUT2D eigenvalue weighted by Crippen LogP contribution is 2.32. The van der Waals surface area contributed by atoms with Crippen LogP contribution in [0.15, 0.2) is 66.7 Å². The summed E-state index contributed by atoms with van der Waals surface area (Å²) >= 11 is 0. The largest absolute Gasteiger partial charge is 0.496 e. The summed E-state index contributed by atoms with van der Waals surface area (Å²) in [6.45, 7) is 2.68. The Labute approximate surface area is 191 Å². The van der Waals surface area contributed by atoms with E-state index in [4.69, 9.17) is 9.72 Å². The van der Waals surface area contributed by atoms with Gasteiger partial charge in [-0.05, 0) is 34.0 Å². The molecule has 164 valence electrons. The summed E-state index contributed by atoms with van der Waals surface area (Å²) < 4.78 is 5.56. The Balaban J connectivity index is 1.41. The topological polar surface area (TPSA) is 102 Å². The maximum absolute atomic E-state index is 5.56. The lowest BCUT2D eigenvalue weighted by Crippen LogP contribution is -2.06. The lowest BCUT2D eigenvalue weighted by molar-refractivity contribution is 0.419. The third kappa shape index (κ3) is 4.10. The minimum Gasteiger partial charge on any atom is -0.496 e. The predicted molar refractivity (Wildman–Crippen MR) is 128 cm³/mol. The summed E-state index contributed by atoms with van der Waals surface area (Å²) in [5.74, 6) is 2.91. The second kappa shape index (κ2) is 9.04. The van der Waals surface area contributed by atoms with Gasteiger partial charge in [-0.2, -0.15) is 5.21 Å². The Morgan fingerprint density at radius 3 is 2.45 bits per heavy atom. The summed E-state index contributed by atoms with van der Waals surface area (Å²) in [5, 5.41) is 18.8. The average Bonchev–Trinajstić information content (AvgIpc) is 3.42. The molecule has 0 amide bonds. The van der Waals surface area contributed by atoms with E-state index in [2.05, 4.69) is 68.2 Å². The van der Waals surface area contributed by atoms with E-state index in [1.165, 1.54) is 0 Å². The van der Waals surface area contributed by atoms with Crippen molar-refractivity contribution in [3.63, 3.8) is 0 Å². The first-order valence-electron chi connectivity index (χ1n) is 10.8. The number of H-pyrrole nitrogens is 1. The first kappa shape index (κ1) is 20.6. The van der Waals surface area contributed by atoms with E-state index >= 15 is 0 Å². The van der Waals surface area contributed by atoms with Crippen LogP contribution in [0, 0.1) is 0 Å². The van der Waals surface area contributed by atoms with Gasteiger partial charge < -0.3 is 10.1 Å². The number of fused-ring (bicyclic) bond motifs is 1. The molecular weight excluding hydrogens is 414 g/mol. The predicted octanol–water partition coefficient (Wildman–Crippen LogP) is 4.66. The fourth-order valence-electron chi connectivity index (χ4n) is 3.85. The second-order valence-corrected chi connectivity index (χ2v) is 7.53. The van der Waals surface area contributed by atoms with Crippen molar-refractivity contribution in [1.82, 2.24) is 30.6 Å². The van der Waals surface area contributed by atoms with Crippen LogP contribution in [-0.2, 0) is 13.0 Å². The molecule has 0 aliphatic rings. The highest BCUT2D eigenvalue weighted by atomic mass is 16.5. The van der Waals surface area contributed by atoms with Crippen LogP contribution in [0.4, 0.5) is 5.82 Å². The van der Waals surface area contributed by atoms with Gasteiger partial charge in [0.15, 0.2) is 0 Å². The van der Waals surface area contributed by atoms with E-state index in [9.17, 15) is 0 Å². The standard InChI is InChI=1S/C25H23N7O/c1-3-22-27-20-9-6-10-21(33-2)23(20)25(28-22)26-15-16-11-13-17(14-12-16)18-7-4-5-8-19(18)24-29-31-32-30-24/h4-14H,3,15H2,1-2H3,(H,26,27,28)(H,29,30,31,32). The Morgan fingerprint density at radius 1 is 0.909 bits per heavy atom. The SMILES string of the molecule is CCc1nc(NCc2ccc(-c3ccccc3-c3nn[nH]n3)cc2)c2c(OC)cccc2n1. The molecule has 0 fully saturated rings. The maximum Gasteiger partial charge on any atom is 0.205 e. The first-order chi connectivity index (χ1) is 16.3. The van der Waals surface area contributed by atoms with Gasteiger partial charge in [0.05, 0.1) is 18.0 Å². The van der Waals surface area contributed by atoms with E-state index in [1.54, 1.807) is 7.11 Å². The van der Waals surface area contributed by atoms with Crippen LogP contribution in [0.25, 0.3) is 33.4 Å². The third-order valence-electron chi connectivity index (χ3n) is 5.51. The highest BCUT2D eigenvalue weighted by Gasteiger charge is 2.13. The number of hydrogen-bond donors (Lipinski definition) is 2. The Kier molecular flexibility index (Phi) is 5.63. The quantitative estimate of drug-likeness (QED) is 0.382. The van der Waals surface area contributed by atoms with E-state index in [0.717, 1.165) is 57.0 Å². The number of methoxy groups -OCH3 is 1. The molecule has 0 saturated heterocycles. The summed E-state index contributed by atoms with van der Waals surface area (Å²) in [7, 11) is 1.66. The van der Waals surface area contributed by atoms with Crippen molar-refractivity contribution in [2.24, 2.45) is 0 Å². The van der Waals surface area contributed by atoms with E-state index in [1.807, 2.05) is 36.4 Å². The molecule has 2 N–H and O–H groups in total. The van der Waals surface area contributed by atoms with E-state index in [0.29, 0.717) is 12.4 Å². The van der Waals surface area contributed by atoms with Crippen LogP contribution in [0.2, 0.25) is 0 Å². The van der Waals surface area contributed by atoms with Crippen LogP contribution in [-0.4, -0.2) is 37.7 Å². The van der Waals surface area contributed by atoms with Gasteiger partial charge in [-0.1, -0.05) is 61.5 Å². The van der Waals surface area contributed by atoms with Gasteiger partial charge in [0, 0.05) is 18.5 Å². The number of aromatic amines is 1. The number of anilines is 1. The Morgan fingerprint density at radius 2 is 1.73 bits per heavy atom. The summed E-state index contributed by atoms with van der Waals surface area (Å²) in [6, 6.07) is 22.3. The lowest BCUT2D eigenvalue weighted by Gasteiger charge is -2.13. The number of nitrogens with one attached hydrogen (secondary N) is 2. The van der Waals surface area contributed by atoms with Crippen LogP contribution < -0.4 is 10.1 Å². The average molecular weight is 438 g/mol. The van der Waals surface area contributed by atoms with Crippen molar-refractivity contribution in [3.8, 4) is 28.3 Å². The van der Waals surface area contributed by atoms with Gasteiger partial charge in [0.1, 0.15) is 17.4 Å². The zero-order valence-corrected chi connectivity index (χ0v) is 18.4. The molecule has 2 aromatic heterocycles. The van der Waals surface area contributed by atoms with Gasteiger partial charge in [-0.15, -0.1) is 10.2 Å². The van der Waals surface area contributed by atoms with Gasteiger partial charge in [-0.25, -0.2) is 9.97 Å². The van der Waals surface area contributed by atoms with Crippen molar-refractivity contribution in [1.29, 1.82) is 0 Å². The zero-order chi connectivity index (χ0) is 22.6. The summed E-state index contributed by atoms with van der Waals surface area (Å²) in [6.07, 6.45) is 0.760. The molecule has 0 bridgehead atoms. The van der Waals surface area contributed by atoms with Gasteiger partial charge in [0.25, 0.3) is 0 Å². The monoisotopic (exact) mass is 437 g/mol. The molecule has 5 rings (SSSR count). The van der Waals surface area contributed by atoms with Crippen molar-refractivity contribution in [2.45, 2.75) is 19.9 Å². The van der Waals surface area contributed by atoms with Crippen LogP contribution in [0.5, 0.6) is 5.75 Å². The number of aryl methyl sites for hydroxylation is 1. The molecule has 5 aromatic rings. The molecule has 0 aliphatic carbocycles. The molecule has 0 unspecified atom stereocenters. The lowest BCUT2D eigenvalue weighted by atomic mass is 9.98. The van der Waals surface area contributed by atoms with Crippen molar-refractivity contribution >= 4 is 16.7 Å². The summed E-state index contributed by atoms with van der Waals surface area (Å²) in [4.78, 5) is 9.37. The minimum atomic E-state index is 0.577. The van der Waals surface area contributed by atoms with Gasteiger partial charge in [0.2, 0.25) is 5.82 Å². The van der Waals surface area contributed by atoms with Crippen molar-refractivity contribution in [2.75, 3.05) is 12.4 Å². The number of ether oxygens (including phenoxy) is 1. The first-order valence-corrected chi connectivity index (χ1v) is 10.8. The fourth-order valence-corrected chi connectivity index (χ4v) is 3.85. The van der Waals surface area contributed by atoms with Crippen molar-refractivity contribution < 1.29 is 4.74 Å². The van der Waals surface area contributed by atoms with Gasteiger partial charge in [-0.3, -0.25) is 0 Å². The van der Waals surface area contributed by atoms with Crippen molar-refractivity contribution in [3.05, 3.63) is 78.1 Å².